The fraction of sp³-hybridized carbons (Fsp3) is 0. The van der Waals surface area contributed by atoms with E-state index in [4.69, 9.17) is 0 Å². The van der Waals surface area contributed by atoms with Gasteiger partial charge in [-0.3, -0.25) is 0 Å². The molecular weight excluding hydrogens is 309 g/mol. The third kappa shape index (κ3) is 3.50. The van der Waals surface area contributed by atoms with Gasteiger partial charge >= 0.3 is 0 Å². The highest BCUT2D eigenvalue weighted by atomic mass is 127. The molecule has 2 nitrogen and oxygen atoms in total. The maximum atomic E-state index is 3.81. The highest BCUT2D eigenvalue weighted by Crippen LogP contribution is 2.09. The summed E-state index contributed by atoms with van der Waals surface area (Å²) in [5.41, 5.74) is 4.92. The summed E-state index contributed by atoms with van der Waals surface area (Å²) >= 11 is 2.26. The van der Waals surface area contributed by atoms with Crippen molar-refractivity contribution in [2.75, 3.05) is 0 Å². The van der Waals surface area contributed by atoms with Gasteiger partial charge in [0.05, 0.1) is 3.57 Å². The number of hydrogen-bond acceptors (Lipinski definition) is 0. The van der Waals surface area contributed by atoms with Crippen molar-refractivity contribution in [3.05, 3.63) is 27.8 Å². The molecule has 0 saturated heterocycles. The lowest BCUT2D eigenvalue weighted by Gasteiger charge is -1.87. The van der Waals surface area contributed by atoms with Crippen molar-refractivity contribution in [3.63, 3.8) is 0 Å². The van der Waals surface area contributed by atoms with E-state index in [1.54, 1.807) is 0 Å². The van der Waals surface area contributed by atoms with Crippen molar-refractivity contribution in [3.8, 4) is 0 Å². The lowest BCUT2D eigenvalue weighted by molar-refractivity contribution is -0.256. The lowest BCUT2D eigenvalue weighted by atomic mass is 10.3. The van der Waals surface area contributed by atoms with Crippen LogP contribution in [-0.4, -0.2) is 5.48 Å². The van der Waals surface area contributed by atoms with Crippen LogP contribution in [0.25, 0.3) is 0 Å². The number of benzene rings is 1. The van der Waals surface area contributed by atoms with Crippen LogP contribution in [-0.2, 0) is 0 Å². The molecule has 0 aliphatic heterocycles. The Labute approximate surface area is 84.0 Å². The van der Waals surface area contributed by atoms with Crippen molar-refractivity contribution >= 4 is 28.3 Å². The van der Waals surface area contributed by atoms with Crippen molar-refractivity contribution in [1.82, 2.24) is 0 Å². The molecule has 10 heavy (non-hydrogen) atoms. The monoisotopic (exact) mass is 317 g/mol. The smallest absolute Gasteiger partial charge is 0.141 e. The van der Waals surface area contributed by atoms with Gasteiger partial charge in [-0.05, 0) is 28.7 Å². The van der Waals surface area contributed by atoms with E-state index >= 15 is 0 Å². The van der Waals surface area contributed by atoms with E-state index in [9.17, 15) is 0 Å². The molecule has 0 aliphatic carbocycles. The first-order valence-corrected chi connectivity index (χ1v) is 3.45. The molecule has 0 spiro atoms. The fourth-order valence-corrected chi connectivity index (χ4v) is 0.886. The molecule has 1 aromatic rings. The fourth-order valence-electron chi connectivity index (χ4n) is 0.498. The van der Waals surface area contributed by atoms with Crippen molar-refractivity contribution < 1.29 is 28.2 Å². The molecule has 0 radical (unpaired) electrons. The number of hydrogen-bond donors (Lipinski definition) is 1. The average molecular weight is 318 g/mol. The molecule has 5 N–H and O–H groups in total. The minimum atomic E-state index is 0. The zero-order valence-corrected chi connectivity index (χ0v) is 9.02. The number of quaternary nitrogens is 1. The van der Waals surface area contributed by atoms with Gasteiger partial charge in [0.25, 0.3) is 0 Å². The molecule has 0 amide bonds. The minimum Gasteiger partial charge on any atom is -1.00 e. The van der Waals surface area contributed by atoms with Crippen LogP contribution in [0.2, 0.25) is 0 Å². The summed E-state index contributed by atoms with van der Waals surface area (Å²) in [6.07, 6.45) is 0. The topological polar surface area (TPSA) is 59.1 Å². The van der Waals surface area contributed by atoms with Gasteiger partial charge in [0.1, 0.15) is 5.69 Å². The van der Waals surface area contributed by atoms with E-state index in [1.807, 2.05) is 24.3 Å². The van der Waals surface area contributed by atoms with Gasteiger partial charge < -0.3 is 28.2 Å². The third-order valence-electron chi connectivity index (χ3n) is 0.958. The van der Waals surface area contributed by atoms with E-state index in [-0.39, 0.29) is 22.5 Å². The Bertz CT molecular complexity index is 174. The highest BCUT2D eigenvalue weighted by Gasteiger charge is 1.91. The van der Waals surface area contributed by atoms with E-state index < -0.39 is 0 Å². The molecule has 0 aliphatic rings. The molecule has 0 heterocycles. The number of rotatable bonds is 0. The van der Waals surface area contributed by atoms with Gasteiger partial charge in [-0.2, -0.15) is 0 Å². The Morgan fingerprint density at radius 1 is 1.20 bits per heavy atom. The molecule has 0 aromatic heterocycles. The summed E-state index contributed by atoms with van der Waals surface area (Å²) in [7, 11) is 0. The first-order valence-electron chi connectivity index (χ1n) is 2.37. The predicted octanol–water partition coefficient (Wildman–Crippen LogP) is -2.66. The molecule has 4 heteroatoms. The summed E-state index contributed by atoms with van der Waals surface area (Å²) < 4.78 is 1.23. The SMILES string of the molecule is O.[Br-].[NH3+]c1ccccc1I. The number of halogens is 2. The van der Waals surface area contributed by atoms with Gasteiger partial charge in [0, 0.05) is 6.07 Å². The Hall–Kier alpha value is 0.350. The normalized spacial score (nSPS) is 7.40. The van der Waals surface area contributed by atoms with E-state index in [1.165, 1.54) is 3.57 Å². The molecule has 0 saturated carbocycles. The second kappa shape index (κ2) is 6.09. The quantitative estimate of drug-likeness (QED) is 0.508. The van der Waals surface area contributed by atoms with Crippen LogP contribution >= 0.6 is 22.6 Å². The summed E-state index contributed by atoms with van der Waals surface area (Å²) in [6, 6.07) is 8.05. The van der Waals surface area contributed by atoms with E-state index in [0.717, 1.165) is 5.69 Å². The largest absolute Gasteiger partial charge is 1.00 e. The van der Waals surface area contributed by atoms with Crippen molar-refractivity contribution in [1.29, 1.82) is 0 Å². The summed E-state index contributed by atoms with van der Waals surface area (Å²) in [5, 5.41) is 0. The van der Waals surface area contributed by atoms with Gasteiger partial charge in [0.15, 0.2) is 0 Å². The van der Waals surface area contributed by atoms with Crippen LogP contribution in [0, 0.1) is 3.57 Å². The Morgan fingerprint density at radius 3 is 2.00 bits per heavy atom. The average Bonchev–Trinajstić information content (AvgIpc) is 1.77. The molecule has 1 rings (SSSR count). The van der Waals surface area contributed by atoms with Gasteiger partial charge in [-0.1, -0.05) is 12.1 Å². The van der Waals surface area contributed by atoms with E-state index in [0.29, 0.717) is 0 Å². The lowest BCUT2D eigenvalue weighted by Crippen LogP contribution is -3.00. The zero-order valence-electron chi connectivity index (χ0n) is 5.27. The van der Waals surface area contributed by atoms with Gasteiger partial charge in [-0.25, -0.2) is 0 Å². The summed E-state index contributed by atoms with van der Waals surface area (Å²) in [6.45, 7) is 0. The van der Waals surface area contributed by atoms with E-state index in [2.05, 4.69) is 28.3 Å². The molecule has 58 valence electrons. The maximum absolute atomic E-state index is 3.81. The second-order valence-electron chi connectivity index (χ2n) is 1.59. The third-order valence-corrected chi connectivity index (χ3v) is 2.01. The second-order valence-corrected chi connectivity index (χ2v) is 2.75. The first-order chi connectivity index (χ1) is 3.80. The summed E-state index contributed by atoms with van der Waals surface area (Å²) in [4.78, 5) is 0. The molecule has 0 unspecified atom stereocenters. The Balaban J connectivity index is 0. The molecule has 0 atom stereocenters. The zero-order chi connectivity index (χ0) is 5.98. The molecule has 0 fully saturated rings. The van der Waals surface area contributed by atoms with Crippen LogP contribution in [0.1, 0.15) is 0 Å². The van der Waals surface area contributed by atoms with Crippen LogP contribution in [0.15, 0.2) is 24.3 Å². The van der Waals surface area contributed by atoms with Crippen LogP contribution in [0.5, 0.6) is 0 Å². The van der Waals surface area contributed by atoms with Crippen LogP contribution in [0.3, 0.4) is 0 Å². The Morgan fingerprint density at radius 2 is 1.70 bits per heavy atom. The molecule has 1 aromatic carbocycles. The van der Waals surface area contributed by atoms with Crippen molar-refractivity contribution in [2.45, 2.75) is 0 Å². The first kappa shape index (κ1) is 13.0. The molecule has 0 bridgehead atoms. The van der Waals surface area contributed by atoms with Gasteiger partial charge in [-0.15, -0.1) is 0 Å². The van der Waals surface area contributed by atoms with Gasteiger partial charge in [0.2, 0.25) is 0 Å². The van der Waals surface area contributed by atoms with Crippen LogP contribution < -0.4 is 22.7 Å². The summed E-state index contributed by atoms with van der Waals surface area (Å²) in [5.74, 6) is 0. The Kier molecular flexibility index (Phi) is 7.90. The predicted molar refractivity (Wildman–Crippen MR) is 45.3 cm³/mol. The van der Waals surface area contributed by atoms with Crippen molar-refractivity contribution in [2.24, 2.45) is 0 Å². The standard InChI is InChI=1S/C6H6IN.BrH.H2O/c7-5-3-1-2-4-6(5)8;;/h1-4H,8H2;1H;1H2. The minimum absolute atomic E-state index is 0. The molecular formula is C6H9BrINO. The highest BCUT2D eigenvalue weighted by molar-refractivity contribution is 14.1. The maximum Gasteiger partial charge on any atom is 0.141 e. The van der Waals surface area contributed by atoms with Crippen LogP contribution in [0.4, 0.5) is 5.69 Å².